The second-order valence-corrected chi connectivity index (χ2v) is 8.55. The summed E-state index contributed by atoms with van der Waals surface area (Å²) in [6.07, 6.45) is 1.79. The fourth-order valence-corrected chi connectivity index (χ4v) is 3.72. The van der Waals surface area contributed by atoms with E-state index in [1.54, 1.807) is 11.1 Å². The lowest BCUT2D eigenvalue weighted by atomic mass is 10.2. The Hall–Kier alpha value is -3.35. The number of hydrogen-bond donors (Lipinski definition) is 0. The number of urea groups is 1. The van der Waals surface area contributed by atoms with E-state index < -0.39 is 11.6 Å². The van der Waals surface area contributed by atoms with Crippen LogP contribution in [-0.2, 0) is 9.53 Å². The third-order valence-corrected chi connectivity index (χ3v) is 4.96. The number of nitrogens with zero attached hydrogens (tertiary/aromatic N) is 4. The van der Waals surface area contributed by atoms with Gasteiger partial charge in [-0.2, -0.15) is 5.10 Å². The van der Waals surface area contributed by atoms with Crippen molar-refractivity contribution in [2.24, 2.45) is 0 Å². The number of anilines is 1. The fourth-order valence-electron chi connectivity index (χ4n) is 3.72. The summed E-state index contributed by atoms with van der Waals surface area (Å²) in [7, 11) is 0. The van der Waals surface area contributed by atoms with Crippen molar-refractivity contribution in [1.29, 1.82) is 0 Å². The van der Waals surface area contributed by atoms with Crippen LogP contribution in [0.3, 0.4) is 0 Å². The van der Waals surface area contributed by atoms with Crippen LogP contribution in [0.2, 0.25) is 0 Å². The molecule has 0 aliphatic carbocycles. The molecule has 0 radical (unpaired) electrons. The standard InChI is InChI=1S/C23H26N4O3/c1-16-7-5-8-17(13-16)27-20-10-6-9-19(18(20)14-24-27)26-12-11-25(22(26)29)15-21(28)30-23(2,3)4/h5-10,13-14H,11-12,15H2,1-4H3. The molecule has 7 nitrogen and oxygen atoms in total. The van der Waals surface area contributed by atoms with Gasteiger partial charge in [-0.25, -0.2) is 9.48 Å². The largest absolute Gasteiger partial charge is 0.459 e. The smallest absolute Gasteiger partial charge is 0.326 e. The highest BCUT2D eigenvalue weighted by atomic mass is 16.6. The summed E-state index contributed by atoms with van der Waals surface area (Å²) in [5, 5.41) is 5.46. The van der Waals surface area contributed by atoms with Gasteiger partial charge in [0, 0.05) is 18.5 Å². The maximum absolute atomic E-state index is 13.0. The van der Waals surface area contributed by atoms with E-state index in [0.717, 1.165) is 27.8 Å². The SMILES string of the molecule is Cc1cccc(-n2ncc3c(N4CCN(CC(=O)OC(C)(C)C)C4=O)cccc32)c1. The zero-order valence-electron chi connectivity index (χ0n) is 17.8. The molecule has 30 heavy (non-hydrogen) atoms. The number of esters is 1. The number of aryl methyl sites for hydroxylation is 1. The molecule has 0 bridgehead atoms. The van der Waals surface area contributed by atoms with Gasteiger partial charge in [0.25, 0.3) is 0 Å². The molecule has 2 heterocycles. The third-order valence-electron chi connectivity index (χ3n) is 4.96. The van der Waals surface area contributed by atoms with Gasteiger partial charge in [0.2, 0.25) is 0 Å². The molecule has 0 atom stereocenters. The summed E-state index contributed by atoms with van der Waals surface area (Å²) in [5.74, 6) is -0.400. The molecular weight excluding hydrogens is 380 g/mol. The van der Waals surface area contributed by atoms with E-state index in [2.05, 4.69) is 11.2 Å². The number of benzene rings is 2. The van der Waals surface area contributed by atoms with Crippen LogP contribution in [0.25, 0.3) is 16.6 Å². The minimum absolute atomic E-state index is 0.0505. The molecule has 1 aromatic heterocycles. The molecule has 0 N–H and O–H groups in total. The molecule has 1 aliphatic heterocycles. The molecule has 2 aromatic carbocycles. The normalized spacial score (nSPS) is 14.6. The van der Waals surface area contributed by atoms with Crippen molar-refractivity contribution in [3.8, 4) is 5.69 Å². The zero-order chi connectivity index (χ0) is 21.5. The first kappa shape index (κ1) is 19.9. The van der Waals surface area contributed by atoms with Crippen LogP contribution < -0.4 is 4.90 Å². The lowest BCUT2D eigenvalue weighted by Gasteiger charge is -2.22. The van der Waals surface area contributed by atoms with Crippen LogP contribution in [0.5, 0.6) is 0 Å². The Bertz CT molecular complexity index is 1110. The first-order valence-electron chi connectivity index (χ1n) is 10.0. The fraction of sp³-hybridized carbons (Fsp3) is 0.348. The van der Waals surface area contributed by atoms with Crippen molar-refractivity contribution in [1.82, 2.24) is 14.7 Å². The van der Waals surface area contributed by atoms with E-state index in [-0.39, 0.29) is 12.6 Å². The van der Waals surface area contributed by atoms with Gasteiger partial charge in [-0.3, -0.25) is 9.69 Å². The quantitative estimate of drug-likeness (QED) is 0.616. The van der Waals surface area contributed by atoms with Crippen molar-refractivity contribution < 1.29 is 14.3 Å². The highest BCUT2D eigenvalue weighted by Crippen LogP contribution is 2.30. The predicted molar refractivity (Wildman–Crippen MR) is 116 cm³/mol. The van der Waals surface area contributed by atoms with E-state index in [1.807, 2.05) is 68.8 Å². The summed E-state index contributed by atoms with van der Waals surface area (Å²) in [6.45, 7) is 8.42. The first-order chi connectivity index (χ1) is 14.2. The summed E-state index contributed by atoms with van der Waals surface area (Å²) < 4.78 is 7.24. The van der Waals surface area contributed by atoms with E-state index >= 15 is 0 Å². The molecular formula is C23H26N4O3. The van der Waals surface area contributed by atoms with Gasteiger partial charge < -0.3 is 9.64 Å². The number of amides is 2. The maximum atomic E-state index is 13.0. The van der Waals surface area contributed by atoms with Crippen LogP contribution in [0.1, 0.15) is 26.3 Å². The maximum Gasteiger partial charge on any atom is 0.326 e. The van der Waals surface area contributed by atoms with Crippen LogP contribution in [-0.4, -0.2) is 51.9 Å². The summed E-state index contributed by atoms with van der Waals surface area (Å²) in [5.41, 5.74) is 3.27. The topological polar surface area (TPSA) is 67.7 Å². The van der Waals surface area contributed by atoms with Gasteiger partial charge in [0.05, 0.1) is 23.1 Å². The molecule has 0 saturated carbocycles. The summed E-state index contributed by atoms with van der Waals surface area (Å²) >= 11 is 0. The number of hydrogen-bond acceptors (Lipinski definition) is 4. The summed E-state index contributed by atoms with van der Waals surface area (Å²) in [4.78, 5) is 28.4. The molecule has 3 aromatic rings. The van der Waals surface area contributed by atoms with Gasteiger partial charge in [-0.15, -0.1) is 0 Å². The molecule has 1 saturated heterocycles. The van der Waals surface area contributed by atoms with E-state index in [1.165, 1.54) is 4.90 Å². The van der Waals surface area contributed by atoms with Gasteiger partial charge in [-0.1, -0.05) is 18.2 Å². The van der Waals surface area contributed by atoms with Crippen LogP contribution in [0.4, 0.5) is 10.5 Å². The van der Waals surface area contributed by atoms with Crippen molar-refractivity contribution in [3.05, 3.63) is 54.2 Å². The molecule has 2 amide bonds. The van der Waals surface area contributed by atoms with E-state index in [9.17, 15) is 9.59 Å². The molecule has 0 spiro atoms. The molecule has 4 rings (SSSR count). The second-order valence-electron chi connectivity index (χ2n) is 8.55. The average molecular weight is 406 g/mol. The highest BCUT2D eigenvalue weighted by molar-refractivity contribution is 6.04. The molecule has 156 valence electrons. The minimum Gasteiger partial charge on any atom is -0.459 e. The van der Waals surface area contributed by atoms with Crippen molar-refractivity contribution in [3.63, 3.8) is 0 Å². The molecule has 7 heteroatoms. The first-order valence-corrected chi connectivity index (χ1v) is 10.0. The lowest BCUT2D eigenvalue weighted by Crippen LogP contribution is -2.38. The Morgan fingerprint density at radius 1 is 1.13 bits per heavy atom. The van der Waals surface area contributed by atoms with Crippen LogP contribution in [0.15, 0.2) is 48.7 Å². The number of aromatic nitrogens is 2. The Balaban J connectivity index is 1.60. The Kier molecular flexibility index (Phi) is 4.97. The number of ether oxygens (including phenoxy) is 1. The summed E-state index contributed by atoms with van der Waals surface area (Å²) in [6, 6.07) is 13.8. The third kappa shape index (κ3) is 3.87. The minimum atomic E-state index is -0.574. The number of fused-ring (bicyclic) bond motifs is 1. The van der Waals surface area contributed by atoms with Crippen LogP contribution in [0, 0.1) is 6.92 Å². The lowest BCUT2D eigenvalue weighted by molar-refractivity contribution is -0.155. The van der Waals surface area contributed by atoms with Crippen molar-refractivity contribution in [2.45, 2.75) is 33.3 Å². The molecule has 1 aliphatic rings. The Morgan fingerprint density at radius 2 is 1.90 bits per heavy atom. The van der Waals surface area contributed by atoms with Crippen molar-refractivity contribution >= 4 is 28.6 Å². The molecule has 1 fully saturated rings. The van der Waals surface area contributed by atoms with Gasteiger partial charge >= 0.3 is 12.0 Å². The van der Waals surface area contributed by atoms with Gasteiger partial charge in [-0.05, 0) is 57.5 Å². The van der Waals surface area contributed by atoms with E-state index in [0.29, 0.717) is 13.1 Å². The monoisotopic (exact) mass is 406 g/mol. The van der Waals surface area contributed by atoms with E-state index in [4.69, 9.17) is 4.74 Å². The van der Waals surface area contributed by atoms with Crippen molar-refractivity contribution in [2.75, 3.05) is 24.5 Å². The predicted octanol–water partition coefficient (Wildman–Crippen LogP) is 3.92. The second kappa shape index (κ2) is 7.48. The Morgan fingerprint density at radius 3 is 2.63 bits per heavy atom. The zero-order valence-corrected chi connectivity index (χ0v) is 17.8. The molecule has 0 unspecified atom stereocenters. The number of rotatable bonds is 4. The Labute approximate surface area is 175 Å². The highest BCUT2D eigenvalue weighted by Gasteiger charge is 2.33. The van der Waals surface area contributed by atoms with Gasteiger partial charge in [0.1, 0.15) is 12.1 Å². The van der Waals surface area contributed by atoms with Gasteiger partial charge in [0.15, 0.2) is 0 Å². The van der Waals surface area contributed by atoms with Crippen LogP contribution >= 0.6 is 0 Å². The number of carbonyl (C=O) groups excluding carboxylic acids is 2. The average Bonchev–Trinajstić information content (AvgIpc) is 3.24. The number of carbonyl (C=O) groups is 2.